The molecule has 0 saturated heterocycles. The summed E-state index contributed by atoms with van der Waals surface area (Å²) in [5, 5.41) is 16.3. The predicted octanol–water partition coefficient (Wildman–Crippen LogP) is 4.35. The smallest absolute Gasteiger partial charge is 0.395 e. The van der Waals surface area contributed by atoms with Crippen molar-refractivity contribution in [2.45, 2.75) is 0 Å². The van der Waals surface area contributed by atoms with Crippen LogP contribution >= 0.6 is 11.6 Å². The van der Waals surface area contributed by atoms with Crippen LogP contribution in [0.15, 0.2) is 65.1 Å². The number of carbonyl (C=O) groups is 2. The highest BCUT2D eigenvalue weighted by Gasteiger charge is 2.17. The Kier molecular flexibility index (Phi) is 5.18. The first-order valence-electron chi connectivity index (χ1n) is 7.65. The van der Waals surface area contributed by atoms with Crippen molar-refractivity contribution in [1.82, 2.24) is 0 Å². The third-order valence-corrected chi connectivity index (χ3v) is 3.70. The highest BCUT2D eigenvalue weighted by molar-refractivity contribution is 6.31. The molecule has 0 saturated carbocycles. The summed E-state index contributed by atoms with van der Waals surface area (Å²) in [4.78, 5) is 34.2. The first kappa shape index (κ1) is 18.2. The van der Waals surface area contributed by atoms with Crippen LogP contribution in [-0.2, 0) is 0 Å². The lowest BCUT2D eigenvalue weighted by Crippen LogP contribution is -2.13. The Morgan fingerprint density at radius 3 is 2.22 bits per heavy atom. The average molecular weight is 386 g/mol. The van der Waals surface area contributed by atoms with E-state index in [2.05, 4.69) is 10.6 Å². The van der Waals surface area contributed by atoms with E-state index in [1.807, 2.05) is 0 Å². The van der Waals surface area contributed by atoms with Crippen LogP contribution in [0, 0.1) is 10.1 Å². The quantitative estimate of drug-likeness (QED) is 0.500. The minimum absolute atomic E-state index is 0.199. The van der Waals surface area contributed by atoms with Gasteiger partial charge in [0, 0.05) is 22.0 Å². The summed E-state index contributed by atoms with van der Waals surface area (Å²) >= 11 is 5.88. The second-order valence-corrected chi connectivity index (χ2v) is 5.83. The average Bonchev–Trinajstić information content (AvgIpc) is 3.12. The molecule has 0 unspecified atom stereocenters. The largest absolute Gasteiger partial charge is 0.433 e. The third-order valence-electron chi connectivity index (χ3n) is 3.46. The fraction of sp³-hybridized carbons (Fsp3) is 0. The molecule has 3 rings (SSSR count). The molecule has 0 spiro atoms. The third kappa shape index (κ3) is 4.50. The zero-order chi connectivity index (χ0) is 19.4. The molecule has 2 amide bonds. The number of rotatable bonds is 5. The van der Waals surface area contributed by atoms with E-state index in [4.69, 9.17) is 16.0 Å². The number of amides is 2. The van der Waals surface area contributed by atoms with Gasteiger partial charge < -0.3 is 15.1 Å². The van der Waals surface area contributed by atoms with Crippen LogP contribution in [0.1, 0.15) is 20.9 Å². The standard InChI is InChI=1S/C18H12ClN3O5/c19-12-4-1-3-11(9-12)17(23)20-13-5-2-6-14(10-13)21-18(24)15-7-8-16(27-15)22(25)26/h1-10H,(H,20,23)(H,21,24). The minimum atomic E-state index is -0.733. The van der Waals surface area contributed by atoms with E-state index in [-0.39, 0.29) is 11.7 Å². The fourth-order valence-corrected chi connectivity index (χ4v) is 2.44. The van der Waals surface area contributed by atoms with Gasteiger partial charge in [-0.1, -0.05) is 23.7 Å². The maximum atomic E-state index is 12.3. The Balaban J connectivity index is 1.70. The normalized spacial score (nSPS) is 10.3. The maximum absolute atomic E-state index is 12.3. The Bertz CT molecular complexity index is 1030. The molecule has 9 heteroatoms. The number of halogens is 1. The van der Waals surface area contributed by atoms with Gasteiger partial charge in [-0.05, 0) is 42.5 Å². The molecule has 0 aliphatic heterocycles. The van der Waals surface area contributed by atoms with Gasteiger partial charge in [-0.15, -0.1) is 0 Å². The van der Waals surface area contributed by atoms with Gasteiger partial charge in [0.15, 0.2) is 5.76 Å². The Morgan fingerprint density at radius 1 is 0.926 bits per heavy atom. The van der Waals surface area contributed by atoms with Crippen LogP contribution in [0.4, 0.5) is 17.3 Å². The first-order valence-corrected chi connectivity index (χ1v) is 8.03. The zero-order valence-corrected chi connectivity index (χ0v) is 14.4. The topological polar surface area (TPSA) is 114 Å². The summed E-state index contributed by atoms with van der Waals surface area (Å²) in [7, 11) is 0. The number of nitro groups is 1. The number of carbonyl (C=O) groups excluding carboxylic acids is 2. The molecular formula is C18H12ClN3O5. The van der Waals surface area contributed by atoms with Gasteiger partial charge >= 0.3 is 5.88 Å². The van der Waals surface area contributed by atoms with E-state index < -0.39 is 16.7 Å². The van der Waals surface area contributed by atoms with Gasteiger partial charge in [-0.3, -0.25) is 19.7 Å². The van der Waals surface area contributed by atoms with E-state index >= 15 is 0 Å². The predicted molar refractivity (Wildman–Crippen MR) is 99.2 cm³/mol. The van der Waals surface area contributed by atoms with Crippen molar-refractivity contribution in [3.8, 4) is 0 Å². The molecule has 0 aliphatic rings. The molecule has 27 heavy (non-hydrogen) atoms. The van der Waals surface area contributed by atoms with Gasteiger partial charge in [0.05, 0.1) is 6.07 Å². The summed E-state index contributed by atoms with van der Waals surface area (Å²) in [6, 6.07) is 15.2. The van der Waals surface area contributed by atoms with Crippen LogP contribution in [0.5, 0.6) is 0 Å². The van der Waals surface area contributed by atoms with Crippen LogP contribution < -0.4 is 10.6 Å². The molecule has 0 radical (unpaired) electrons. The molecule has 1 aromatic heterocycles. The summed E-state index contributed by atoms with van der Waals surface area (Å²) < 4.78 is 4.85. The highest BCUT2D eigenvalue weighted by Crippen LogP contribution is 2.20. The SMILES string of the molecule is O=C(Nc1cccc(NC(=O)c2ccc([N+](=O)[O-])o2)c1)c1cccc(Cl)c1. The van der Waals surface area contributed by atoms with Crippen LogP contribution in [0.25, 0.3) is 0 Å². The summed E-state index contributed by atoms with van der Waals surface area (Å²) in [5.41, 5.74) is 1.21. The second-order valence-electron chi connectivity index (χ2n) is 5.39. The number of anilines is 2. The molecule has 0 aliphatic carbocycles. The Morgan fingerprint density at radius 2 is 1.59 bits per heavy atom. The lowest BCUT2D eigenvalue weighted by Gasteiger charge is -2.08. The molecule has 0 atom stereocenters. The first-order chi connectivity index (χ1) is 12.9. The van der Waals surface area contributed by atoms with Crippen molar-refractivity contribution in [2.24, 2.45) is 0 Å². The van der Waals surface area contributed by atoms with Gasteiger partial charge in [-0.25, -0.2) is 0 Å². The van der Waals surface area contributed by atoms with E-state index in [0.29, 0.717) is 22.0 Å². The fourth-order valence-electron chi connectivity index (χ4n) is 2.25. The highest BCUT2D eigenvalue weighted by atomic mass is 35.5. The molecule has 8 nitrogen and oxygen atoms in total. The summed E-state index contributed by atoms with van der Waals surface area (Å²) in [5.74, 6) is -1.73. The number of benzene rings is 2. The molecular weight excluding hydrogens is 374 g/mol. The van der Waals surface area contributed by atoms with Gasteiger partial charge in [0.2, 0.25) is 0 Å². The lowest BCUT2D eigenvalue weighted by molar-refractivity contribution is -0.402. The van der Waals surface area contributed by atoms with Crippen LogP contribution in [-0.4, -0.2) is 16.7 Å². The summed E-state index contributed by atoms with van der Waals surface area (Å²) in [6.45, 7) is 0. The van der Waals surface area contributed by atoms with Crippen molar-refractivity contribution >= 4 is 40.7 Å². The van der Waals surface area contributed by atoms with Gasteiger partial charge in [0.1, 0.15) is 4.92 Å². The molecule has 3 aromatic rings. The Hall–Kier alpha value is -3.65. The van der Waals surface area contributed by atoms with E-state index in [0.717, 1.165) is 6.07 Å². The molecule has 136 valence electrons. The Labute approximate surface area is 157 Å². The number of hydrogen-bond donors (Lipinski definition) is 2. The number of nitrogens with zero attached hydrogens (tertiary/aromatic N) is 1. The van der Waals surface area contributed by atoms with E-state index in [9.17, 15) is 19.7 Å². The van der Waals surface area contributed by atoms with Crippen LogP contribution in [0.3, 0.4) is 0 Å². The van der Waals surface area contributed by atoms with Gasteiger partial charge in [-0.2, -0.15) is 0 Å². The maximum Gasteiger partial charge on any atom is 0.433 e. The monoisotopic (exact) mass is 385 g/mol. The van der Waals surface area contributed by atoms with Crippen molar-refractivity contribution in [1.29, 1.82) is 0 Å². The van der Waals surface area contributed by atoms with Crippen molar-refractivity contribution in [3.05, 3.63) is 87.1 Å². The second kappa shape index (κ2) is 7.71. The number of nitrogens with one attached hydrogen (secondary N) is 2. The molecule has 0 fully saturated rings. The van der Waals surface area contributed by atoms with Crippen molar-refractivity contribution in [3.63, 3.8) is 0 Å². The minimum Gasteiger partial charge on any atom is -0.395 e. The van der Waals surface area contributed by atoms with Crippen LogP contribution in [0.2, 0.25) is 5.02 Å². The van der Waals surface area contributed by atoms with Crippen molar-refractivity contribution in [2.75, 3.05) is 10.6 Å². The molecule has 1 heterocycles. The number of hydrogen-bond acceptors (Lipinski definition) is 5. The molecule has 2 N–H and O–H groups in total. The summed E-state index contributed by atoms with van der Waals surface area (Å²) in [6.07, 6.45) is 0. The zero-order valence-electron chi connectivity index (χ0n) is 13.6. The van der Waals surface area contributed by atoms with Crippen molar-refractivity contribution < 1.29 is 18.9 Å². The lowest BCUT2D eigenvalue weighted by atomic mass is 10.2. The molecule has 2 aromatic carbocycles. The van der Waals surface area contributed by atoms with E-state index in [1.54, 1.807) is 36.4 Å². The van der Waals surface area contributed by atoms with Gasteiger partial charge in [0.25, 0.3) is 11.8 Å². The number of furan rings is 1. The van der Waals surface area contributed by atoms with E-state index in [1.165, 1.54) is 18.2 Å². The molecule has 0 bridgehead atoms.